The number of carboxylic acids is 1. The van der Waals surface area contributed by atoms with Crippen LogP contribution in [0.5, 0.6) is 0 Å². The molecule has 0 radical (unpaired) electrons. The van der Waals surface area contributed by atoms with Crippen molar-refractivity contribution in [2.24, 2.45) is 5.92 Å². The van der Waals surface area contributed by atoms with Crippen molar-refractivity contribution in [2.45, 2.75) is 26.4 Å². The van der Waals surface area contributed by atoms with Gasteiger partial charge in [0.15, 0.2) is 0 Å². The van der Waals surface area contributed by atoms with Crippen LogP contribution in [0.3, 0.4) is 0 Å². The van der Waals surface area contributed by atoms with Gasteiger partial charge in [0.05, 0.1) is 12.5 Å². The van der Waals surface area contributed by atoms with Crippen molar-refractivity contribution in [3.05, 3.63) is 59.7 Å². The molecule has 2 rings (SSSR count). The van der Waals surface area contributed by atoms with Gasteiger partial charge in [-0.3, -0.25) is 4.79 Å². The Balaban J connectivity index is 2.31. The normalized spacial score (nSPS) is 12.1. The molecule has 110 valence electrons. The van der Waals surface area contributed by atoms with Crippen molar-refractivity contribution in [1.29, 1.82) is 0 Å². The van der Waals surface area contributed by atoms with E-state index in [0.29, 0.717) is 12.8 Å². The first-order valence-corrected chi connectivity index (χ1v) is 7.16. The minimum Gasteiger partial charge on any atom is -0.481 e. The summed E-state index contributed by atoms with van der Waals surface area (Å²) in [6.07, 6.45) is 1.15. The second-order valence-corrected chi connectivity index (χ2v) is 5.16. The number of rotatable bonds is 6. The number of carboxylic acid groups (broad SMARTS) is 1. The van der Waals surface area contributed by atoms with E-state index in [1.54, 1.807) is 0 Å². The average molecular weight is 284 g/mol. The smallest absolute Gasteiger partial charge is 0.306 e. The summed E-state index contributed by atoms with van der Waals surface area (Å²) >= 11 is 0. The summed E-state index contributed by atoms with van der Waals surface area (Å²) in [5.41, 5.74) is 3.89. The first-order chi connectivity index (χ1) is 10.2. The fourth-order valence-corrected chi connectivity index (χ4v) is 2.50. The van der Waals surface area contributed by atoms with Crippen molar-refractivity contribution >= 4 is 5.97 Å². The third-order valence-electron chi connectivity index (χ3n) is 3.75. The number of aliphatic carboxylic acids is 1. The molecule has 2 N–H and O–H groups in total. The predicted octanol–water partition coefficient (Wildman–Crippen LogP) is 3.50. The Morgan fingerprint density at radius 2 is 1.90 bits per heavy atom. The zero-order chi connectivity index (χ0) is 15.2. The lowest BCUT2D eigenvalue weighted by Crippen LogP contribution is -2.15. The third kappa shape index (κ3) is 3.70. The van der Waals surface area contributed by atoms with Crippen LogP contribution < -0.4 is 0 Å². The Labute approximate surface area is 124 Å². The summed E-state index contributed by atoms with van der Waals surface area (Å²) in [7, 11) is 0. The van der Waals surface area contributed by atoms with E-state index in [9.17, 15) is 15.0 Å². The quantitative estimate of drug-likeness (QED) is 0.853. The van der Waals surface area contributed by atoms with Gasteiger partial charge in [0.1, 0.15) is 0 Å². The zero-order valence-electron chi connectivity index (χ0n) is 12.1. The molecule has 0 aliphatic heterocycles. The van der Waals surface area contributed by atoms with Crippen molar-refractivity contribution in [3.8, 4) is 11.1 Å². The molecule has 0 saturated heterocycles. The van der Waals surface area contributed by atoms with Gasteiger partial charge in [-0.05, 0) is 35.1 Å². The van der Waals surface area contributed by atoms with Gasteiger partial charge in [0, 0.05) is 0 Å². The SMILES string of the molecule is CCC(Cc1cccc(-c2ccccc2CO)c1)C(=O)O. The molecule has 0 fully saturated rings. The summed E-state index contributed by atoms with van der Waals surface area (Å²) in [4.78, 5) is 11.2. The molecule has 0 aliphatic carbocycles. The summed E-state index contributed by atoms with van der Waals surface area (Å²) in [5.74, 6) is -1.10. The molecule has 0 saturated carbocycles. The van der Waals surface area contributed by atoms with Gasteiger partial charge in [-0.1, -0.05) is 55.5 Å². The highest BCUT2D eigenvalue weighted by atomic mass is 16.4. The summed E-state index contributed by atoms with van der Waals surface area (Å²) in [5, 5.41) is 18.6. The molecular formula is C18H20O3. The van der Waals surface area contributed by atoms with Gasteiger partial charge in [-0.25, -0.2) is 0 Å². The highest BCUT2D eigenvalue weighted by molar-refractivity contribution is 5.71. The maximum Gasteiger partial charge on any atom is 0.306 e. The van der Waals surface area contributed by atoms with Crippen molar-refractivity contribution in [1.82, 2.24) is 0 Å². The Bertz CT molecular complexity index is 619. The van der Waals surface area contributed by atoms with Crippen LogP contribution in [-0.2, 0) is 17.8 Å². The second kappa shape index (κ2) is 7.04. The molecule has 0 bridgehead atoms. The molecule has 2 aromatic carbocycles. The number of carbonyl (C=O) groups is 1. The van der Waals surface area contributed by atoms with E-state index in [0.717, 1.165) is 22.3 Å². The van der Waals surface area contributed by atoms with Crippen LogP contribution in [0.2, 0.25) is 0 Å². The largest absolute Gasteiger partial charge is 0.481 e. The van der Waals surface area contributed by atoms with Crippen molar-refractivity contribution < 1.29 is 15.0 Å². The minimum absolute atomic E-state index is 0.00683. The molecule has 1 atom stereocenters. The van der Waals surface area contributed by atoms with E-state index in [1.807, 2.05) is 55.5 Å². The zero-order valence-corrected chi connectivity index (χ0v) is 12.1. The molecule has 3 nitrogen and oxygen atoms in total. The molecule has 0 aliphatic rings. The number of benzene rings is 2. The van der Waals surface area contributed by atoms with Crippen LogP contribution in [0.25, 0.3) is 11.1 Å². The fraction of sp³-hybridized carbons (Fsp3) is 0.278. The minimum atomic E-state index is -0.751. The van der Waals surface area contributed by atoms with Crippen LogP contribution in [0, 0.1) is 5.92 Å². The predicted molar refractivity (Wildman–Crippen MR) is 82.9 cm³/mol. The van der Waals surface area contributed by atoms with Gasteiger partial charge in [-0.2, -0.15) is 0 Å². The molecule has 1 unspecified atom stereocenters. The fourth-order valence-electron chi connectivity index (χ4n) is 2.50. The summed E-state index contributed by atoms with van der Waals surface area (Å²) in [6.45, 7) is 1.89. The van der Waals surface area contributed by atoms with Gasteiger partial charge in [0.2, 0.25) is 0 Å². The van der Waals surface area contributed by atoms with Gasteiger partial charge in [0.25, 0.3) is 0 Å². The van der Waals surface area contributed by atoms with E-state index >= 15 is 0 Å². The van der Waals surface area contributed by atoms with E-state index in [2.05, 4.69) is 0 Å². The van der Waals surface area contributed by atoms with Gasteiger partial charge in [-0.15, -0.1) is 0 Å². The standard InChI is InChI=1S/C18H20O3/c1-2-14(18(20)21)10-13-6-5-8-15(11-13)17-9-4-3-7-16(17)12-19/h3-9,11,14,19H,2,10,12H2,1H3,(H,20,21). The molecule has 2 aromatic rings. The topological polar surface area (TPSA) is 57.5 Å². The summed E-state index contributed by atoms with van der Waals surface area (Å²) in [6, 6.07) is 15.6. The second-order valence-electron chi connectivity index (χ2n) is 5.16. The first-order valence-electron chi connectivity index (χ1n) is 7.16. The lowest BCUT2D eigenvalue weighted by atomic mass is 9.93. The molecule has 0 spiro atoms. The molecule has 0 heterocycles. The van der Waals surface area contributed by atoms with E-state index in [4.69, 9.17) is 0 Å². The third-order valence-corrected chi connectivity index (χ3v) is 3.75. The van der Waals surface area contributed by atoms with Gasteiger partial charge < -0.3 is 10.2 Å². The Hall–Kier alpha value is -2.13. The lowest BCUT2D eigenvalue weighted by molar-refractivity contribution is -0.141. The number of hydrogen-bond donors (Lipinski definition) is 2. The highest BCUT2D eigenvalue weighted by Crippen LogP contribution is 2.25. The number of aliphatic hydroxyl groups excluding tert-OH is 1. The summed E-state index contributed by atoms with van der Waals surface area (Å²) < 4.78 is 0. The van der Waals surface area contributed by atoms with E-state index in [-0.39, 0.29) is 12.5 Å². The van der Waals surface area contributed by atoms with Crippen LogP contribution in [0.1, 0.15) is 24.5 Å². The average Bonchev–Trinajstić information content (AvgIpc) is 2.52. The maximum atomic E-state index is 11.2. The monoisotopic (exact) mass is 284 g/mol. The van der Waals surface area contributed by atoms with Crippen molar-refractivity contribution in [3.63, 3.8) is 0 Å². The van der Waals surface area contributed by atoms with Crippen LogP contribution >= 0.6 is 0 Å². The lowest BCUT2D eigenvalue weighted by Gasteiger charge is -2.12. The molecule has 3 heteroatoms. The van der Waals surface area contributed by atoms with E-state index < -0.39 is 5.97 Å². The maximum absolute atomic E-state index is 11.2. The molecule has 21 heavy (non-hydrogen) atoms. The number of hydrogen-bond acceptors (Lipinski definition) is 2. The first kappa shape index (κ1) is 15.3. The van der Waals surface area contributed by atoms with Crippen molar-refractivity contribution in [2.75, 3.05) is 0 Å². The van der Waals surface area contributed by atoms with Crippen LogP contribution in [0.15, 0.2) is 48.5 Å². The number of aliphatic hydroxyl groups is 1. The molecule has 0 amide bonds. The highest BCUT2D eigenvalue weighted by Gasteiger charge is 2.15. The molecule has 0 aromatic heterocycles. The van der Waals surface area contributed by atoms with Gasteiger partial charge >= 0.3 is 5.97 Å². The molecular weight excluding hydrogens is 264 g/mol. The van der Waals surface area contributed by atoms with E-state index in [1.165, 1.54) is 0 Å². The Morgan fingerprint density at radius 3 is 2.57 bits per heavy atom. The van der Waals surface area contributed by atoms with Crippen LogP contribution in [-0.4, -0.2) is 16.2 Å². The Kier molecular flexibility index (Phi) is 5.12. The van der Waals surface area contributed by atoms with Crippen LogP contribution in [0.4, 0.5) is 0 Å². The Morgan fingerprint density at radius 1 is 1.14 bits per heavy atom.